The molecule has 0 fully saturated rings. The third-order valence-corrected chi connectivity index (χ3v) is 5.43. The van der Waals surface area contributed by atoms with Crippen molar-refractivity contribution in [3.8, 4) is 5.88 Å². The van der Waals surface area contributed by atoms with Crippen molar-refractivity contribution in [2.24, 2.45) is 0 Å². The number of hydrogen-bond acceptors (Lipinski definition) is 4. The number of aliphatic hydroxyl groups excluding tert-OH is 1. The average molecular weight is 402 g/mol. The molecule has 154 valence electrons. The number of pyridine rings is 1. The molecule has 2 heterocycles. The molecule has 0 amide bonds. The molecule has 6 nitrogen and oxygen atoms in total. The van der Waals surface area contributed by atoms with E-state index in [0.29, 0.717) is 24.5 Å². The van der Waals surface area contributed by atoms with Crippen molar-refractivity contribution in [1.82, 2.24) is 14.1 Å². The quantitative estimate of drug-likeness (QED) is 0.497. The number of fused-ring (bicyclic) bond motifs is 1. The normalized spacial score (nSPS) is 12.2. The summed E-state index contributed by atoms with van der Waals surface area (Å²) in [5.74, 6) is 0.544. The zero-order valence-electron chi connectivity index (χ0n) is 17.2. The third-order valence-electron chi connectivity index (χ3n) is 5.43. The van der Waals surface area contributed by atoms with Gasteiger partial charge in [0.1, 0.15) is 0 Å². The molecule has 2 aromatic carbocycles. The van der Waals surface area contributed by atoms with Gasteiger partial charge < -0.3 is 19.0 Å². The van der Waals surface area contributed by atoms with Crippen LogP contribution in [0.15, 0.2) is 66.9 Å². The summed E-state index contributed by atoms with van der Waals surface area (Å²) in [5, 5.41) is 19.1. The maximum atomic E-state index is 10.2. The number of para-hydroxylation sites is 2. The van der Waals surface area contributed by atoms with Gasteiger partial charge in [-0.2, -0.15) is 0 Å². The Morgan fingerprint density at radius 1 is 1.03 bits per heavy atom. The Labute approximate surface area is 175 Å². The van der Waals surface area contributed by atoms with Crippen molar-refractivity contribution in [2.75, 3.05) is 13.7 Å². The number of rotatable bonds is 7. The Morgan fingerprint density at radius 3 is 2.47 bits per heavy atom. The fraction of sp³-hybridized carbons (Fsp3) is 0.250. The lowest BCUT2D eigenvalue weighted by atomic mass is 10.1. The number of hydrogen-bond donors (Lipinski definition) is 2. The maximum absolute atomic E-state index is 10.2. The Hall–Kier alpha value is -3.38. The van der Waals surface area contributed by atoms with E-state index >= 15 is 0 Å². The van der Waals surface area contributed by atoms with Crippen molar-refractivity contribution in [2.45, 2.75) is 25.9 Å². The van der Waals surface area contributed by atoms with Crippen LogP contribution in [0.3, 0.4) is 0 Å². The monoisotopic (exact) mass is 402 g/mol. The van der Waals surface area contributed by atoms with Crippen LogP contribution in [0.1, 0.15) is 22.7 Å². The minimum Gasteiger partial charge on any atom is -0.481 e. The molecule has 1 atom stereocenters. The van der Waals surface area contributed by atoms with Gasteiger partial charge in [-0.25, -0.2) is 4.98 Å². The highest BCUT2D eigenvalue weighted by atomic mass is 16.5. The van der Waals surface area contributed by atoms with Crippen LogP contribution in [0.5, 0.6) is 5.88 Å². The maximum Gasteiger partial charge on any atom is 0.213 e. The van der Waals surface area contributed by atoms with Gasteiger partial charge in [0.25, 0.3) is 0 Å². The summed E-state index contributed by atoms with van der Waals surface area (Å²) in [7, 11) is 1.59. The summed E-state index contributed by atoms with van der Waals surface area (Å²) in [6, 6.07) is 19.9. The van der Waals surface area contributed by atoms with E-state index < -0.39 is 0 Å². The lowest BCUT2D eigenvalue weighted by molar-refractivity contribution is 0.225. The number of ether oxygens (including phenoxy) is 1. The molecule has 2 N–H and O–H groups in total. The Balaban J connectivity index is 1.76. The van der Waals surface area contributed by atoms with Crippen LogP contribution in [0, 0.1) is 12.3 Å². The zero-order chi connectivity index (χ0) is 21.1. The minimum absolute atomic E-state index is 0.0697. The van der Waals surface area contributed by atoms with Crippen LogP contribution < -0.4 is 10.4 Å². The fourth-order valence-electron chi connectivity index (χ4n) is 3.86. The molecule has 0 bridgehead atoms. The van der Waals surface area contributed by atoms with Crippen molar-refractivity contribution in [1.29, 1.82) is 5.41 Å². The highest BCUT2D eigenvalue weighted by Crippen LogP contribution is 2.22. The first kappa shape index (κ1) is 19.9. The molecule has 0 aliphatic carbocycles. The number of nitrogens with zero attached hydrogens (tertiary/aromatic N) is 3. The highest BCUT2D eigenvalue weighted by molar-refractivity contribution is 5.76. The van der Waals surface area contributed by atoms with Gasteiger partial charge in [0.15, 0.2) is 0 Å². The van der Waals surface area contributed by atoms with Crippen LogP contribution >= 0.6 is 0 Å². The predicted octanol–water partition coefficient (Wildman–Crippen LogP) is 3.46. The Kier molecular flexibility index (Phi) is 5.68. The van der Waals surface area contributed by atoms with Crippen molar-refractivity contribution in [3.05, 3.63) is 89.2 Å². The van der Waals surface area contributed by atoms with Crippen molar-refractivity contribution in [3.63, 3.8) is 0 Å². The molecular weight excluding hydrogens is 376 g/mol. The van der Waals surface area contributed by atoms with Crippen LogP contribution in [0.25, 0.3) is 11.0 Å². The van der Waals surface area contributed by atoms with Gasteiger partial charge in [-0.3, -0.25) is 5.41 Å². The minimum atomic E-state index is -0.270. The van der Waals surface area contributed by atoms with E-state index in [2.05, 4.69) is 36.2 Å². The molecule has 0 saturated carbocycles. The summed E-state index contributed by atoms with van der Waals surface area (Å²) in [6.07, 6.45) is 2.28. The molecule has 1 unspecified atom stereocenters. The first-order valence-electron chi connectivity index (χ1n) is 10.0. The molecule has 0 radical (unpaired) electrons. The van der Waals surface area contributed by atoms with Crippen LogP contribution in [0.2, 0.25) is 0 Å². The van der Waals surface area contributed by atoms with E-state index in [1.54, 1.807) is 13.3 Å². The first-order chi connectivity index (χ1) is 14.6. The van der Waals surface area contributed by atoms with E-state index in [1.165, 1.54) is 5.56 Å². The average Bonchev–Trinajstić information content (AvgIpc) is 3.05. The van der Waals surface area contributed by atoms with E-state index in [-0.39, 0.29) is 12.6 Å². The number of imidazole rings is 1. The molecule has 6 heteroatoms. The molecule has 4 rings (SSSR count). The van der Waals surface area contributed by atoms with Gasteiger partial charge >= 0.3 is 0 Å². The third kappa shape index (κ3) is 3.86. The van der Waals surface area contributed by atoms with E-state index in [4.69, 9.17) is 10.1 Å². The molecule has 0 spiro atoms. The Morgan fingerprint density at radius 2 is 1.77 bits per heavy atom. The van der Waals surface area contributed by atoms with Crippen molar-refractivity contribution >= 4 is 11.0 Å². The predicted molar refractivity (Wildman–Crippen MR) is 117 cm³/mol. The number of nitrogens with one attached hydrogen (secondary N) is 1. The van der Waals surface area contributed by atoms with Crippen LogP contribution in [-0.2, 0) is 13.0 Å². The smallest absolute Gasteiger partial charge is 0.213 e. The molecule has 0 aliphatic rings. The van der Waals surface area contributed by atoms with Crippen molar-refractivity contribution < 1.29 is 9.84 Å². The first-order valence-corrected chi connectivity index (χ1v) is 10.0. The van der Waals surface area contributed by atoms with E-state index in [0.717, 1.165) is 22.2 Å². The standard InChI is InChI=1S/C24H26N4O2/c1-17-7-9-18(10-8-17)15-27-21-5-3-4-6-22(21)28(24(27)25)20(16-29)13-19-11-12-26-23(14-19)30-2/h3-12,14,20,25,29H,13,15-16H2,1-2H3. The van der Waals surface area contributed by atoms with Gasteiger partial charge in [-0.1, -0.05) is 42.0 Å². The van der Waals surface area contributed by atoms with Gasteiger partial charge in [-0.05, 0) is 42.7 Å². The molecule has 30 heavy (non-hydrogen) atoms. The van der Waals surface area contributed by atoms with Gasteiger partial charge in [0, 0.05) is 12.3 Å². The summed E-state index contributed by atoms with van der Waals surface area (Å²) in [5.41, 5.74) is 5.65. The number of aryl methyl sites for hydroxylation is 1. The van der Waals surface area contributed by atoms with E-state index in [1.807, 2.05) is 45.5 Å². The van der Waals surface area contributed by atoms with E-state index in [9.17, 15) is 5.11 Å². The molecular formula is C24H26N4O2. The zero-order valence-corrected chi connectivity index (χ0v) is 17.2. The summed E-state index contributed by atoms with van der Waals surface area (Å²) < 4.78 is 9.15. The van der Waals surface area contributed by atoms with Crippen LogP contribution in [0.4, 0.5) is 0 Å². The SMILES string of the molecule is COc1cc(CC(CO)n2c(=N)n(Cc3ccc(C)cc3)c3ccccc32)ccn1. The largest absolute Gasteiger partial charge is 0.481 e. The molecule has 4 aromatic rings. The van der Waals surface area contributed by atoms with Gasteiger partial charge in [0.05, 0.1) is 37.3 Å². The second-order valence-electron chi connectivity index (χ2n) is 7.50. The fourth-order valence-corrected chi connectivity index (χ4v) is 3.86. The molecule has 0 saturated heterocycles. The number of benzene rings is 2. The van der Waals surface area contributed by atoms with Gasteiger partial charge in [-0.15, -0.1) is 0 Å². The lowest BCUT2D eigenvalue weighted by Crippen LogP contribution is -2.30. The summed E-state index contributed by atoms with van der Waals surface area (Å²) in [4.78, 5) is 4.16. The number of aromatic nitrogens is 3. The summed E-state index contributed by atoms with van der Waals surface area (Å²) in [6.45, 7) is 2.60. The number of aliphatic hydroxyl groups is 1. The highest BCUT2D eigenvalue weighted by Gasteiger charge is 2.19. The summed E-state index contributed by atoms with van der Waals surface area (Å²) >= 11 is 0. The topological polar surface area (TPSA) is 76.1 Å². The van der Waals surface area contributed by atoms with Crippen LogP contribution in [-0.4, -0.2) is 32.9 Å². The lowest BCUT2D eigenvalue weighted by Gasteiger charge is -2.17. The molecule has 0 aliphatic heterocycles. The Bertz CT molecular complexity index is 1210. The number of methoxy groups -OCH3 is 1. The second kappa shape index (κ2) is 8.55. The second-order valence-corrected chi connectivity index (χ2v) is 7.50. The molecule has 2 aromatic heterocycles. The van der Waals surface area contributed by atoms with Gasteiger partial charge in [0.2, 0.25) is 11.5 Å².